The summed E-state index contributed by atoms with van der Waals surface area (Å²) in [6.07, 6.45) is -1.07. The van der Waals surface area contributed by atoms with E-state index >= 15 is 0 Å². The molecule has 5 rings (SSSR count). The van der Waals surface area contributed by atoms with Crippen LogP contribution in [0.4, 0.5) is 39.0 Å². The average Bonchev–Trinajstić information content (AvgIpc) is 3.00. The second-order valence-corrected chi connectivity index (χ2v) is 12.1. The van der Waals surface area contributed by atoms with Crippen molar-refractivity contribution in [1.82, 2.24) is 15.0 Å². The first-order valence-corrected chi connectivity index (χ1v) is 15.9. The normalized spacial score (nSPS) is 11.5. The topological polar surface area (TPSA) is 223 Å². The van der Waals surface area contributed by atoms with Crippen molar-refractivity contribution >= 4 is 65.7 Å². The maximum Gasteiger partial charge on any atom is 1.00 e. The van der Waals surface area contributed by atoms with Gasteiger partial charge in [0.25, 0.3) is 0 Å². The van der Waals surface area contributed by atoms with Gasteiger partial charge in [-0.05, 0) is 66.9 Å². The minimum absolute atomic E-state index is 0. The van der Waals surface area contributed by atoms with Gasteiger partial charge >= 0.3 is 65.2 Å². The van der Waals surface area contributed by atoms with E-state index in [1.165, 1.54) is 31.4 Å². The number of methoxy groups -OCH3 is 1. The number of phenolic OH excluding ortho intramolecular Hbond substituents is 1. The second kappa shape index (κ2) is 15.9. The summed E-state index contributed by atoms with van der Waals surface area (Å²) >= 11 is 0. The van der Waals surface area contributed by atoms with Gasteiger partial charge in [0.1, 0.15) is 37.4 Å². The molecule has 0 aliphatic carbocycles. The number of benzene rings is 4. The second-order valence-electron chi connectivity index (χ2n) is 9.38. The number of fused-ring (bicyclic) bond motifs is 1. The Bertz CT molecular complexity index is 2220. The van der Waals surface area contributed by atoms with Gasteiger partial charge in [0.2, 0.25) is 11.9 Å². The number of hydrogen-bond donors (Lipinski definition) is 2. The van der Waals surface area contributed by atoms with Crippen LogP contribution in [0.5, 0.6) is 11.5 Å². The number of azo groups is 1. The molecule has 20 heteroatoms. The van der Waals surface area contributed by atoms with Gasteiger partial charge in [-0.15, -0.1) is 10.2 Å². The smallest absolute Gasteiger partial charge is 0.744 e. The fourth-order valence-corrected chi connectivity index (χ4v) is 5.69. The molecule has 0 radical (unpaired) electrons. The number of aromatic hydroxyl groups is 1. The molecule has 15 nitrogen and oxygen atoms in total. The molecule has 238 valence electrons. The van der Waals surface area contributed by atoms with Crippen molar-refractivity contribution in [3.63, 3.8) is 0 Å². The van der Waals surface area contributed by atoms with Gasteiger partial charge in [-0.25, -0.2) is 16.8 Å². The van der Waals surface area contributed by atoms with Crippen LogP contribution in [0.1, 0.15) is 6.92 Å². The van der Waals surface area contributed by atoms with E-state index in [2.05, 4.69) is 30.5 Å². The summed E-state index contributed by atoms with van der Waals surface area (Å²) in [6.45, 7) is 2.23. The van der Waals surface area contributed by atoms with E-state index in [1.54, 1.807) is 29.2 Å². The van der Waals surface area contributed by atoms with Crippen molar-refractivity contribution in [3.05, 3.63) is 78.9 Å². The Hall–Kier alpha value is -3.30. The zero-order valence-electron chi connectivity index (χ0n) is 25.8. The Morgan fingerprint density at radius 3 is 2.21 bits per heavy atom. The quantitative estimate of drug-likeness (QED) is 0.101. The fourth-order valence-electron chi connectivity index (χ4n) is 4.42. The third-order valence-electron chi connectivity index (χ3n) is 6.49. The molecule has 0 aliphatic heterocycles. The molecule has 0 unspecified atom stereocenters. The molecule has 0 atom stereocenters. The van der Waals surface area contributed by atoms with Crippen LogP contribution in [-0.2, 0) is 20.2 Å². The van der Waals surface area contributed by atoms with Crippen molar-refractivity contribution in [1.29, 1.82) is 0 Å². The molecule has 1 aromatic heterocycles. The zero-order valence-corrected chi connectivity index (χ0v) is 31.5. The molecule has 0 saturated carbocycles. The number of ether oxygens (including phenoxy) is 1. The maximum absolute atomic E-state index is 14.5. The van der Waals surface area contributed by atoms with Crippen LogP contribution in [0.15, 0.2) is 92.8 Å². The maximum atomic E-state index is 14.5. The molecule has 0 saturated heterocycles. The molecule has 0 spiro atoms. The Labute approximate surface area is 318 Å². The molecule has 4 aromatic carbocycles. The molecule has 1 heterocycles. The first-order valence-electron chi connectivity index (χ1n) is 13.1. The van der Waals surface area contributed by atoms with Crippen LogP contribution < -0.4 is 74.1 Å². The average molecular weight is 714 g/mol. The Balaban J connectivity index is 0.00000312. The van der Waals surface area contributed by atoms with Gasteiger partial charge in [0, 0.05) is 23.3 Å². The largest absolute Gasteiger partial charge is 1.00 e. The zero-order chi connectivity index (χ0) is 33.2. The van der Waals surface area contributed by atoms with Crippen LogP contribution in [0.25, 0.3) is 10.8 Å². The summed E-state index contributed by atoms with van der Waals surface area (Å²) in [6, 6.07) is 17.3. The summed E-state index contributed by atoms with van der Waals surface area (Å²) in [7, 11) is -9.14. The number of nitrogens with zero attached hydrogens (tertiary/aromatic N) is 6. The summed E-state index contributed by atoms with van der Waals surface area (Å²) in [5, 5.41) is 21.1. The van der Waals surface area contributed by atoms with Crippen molar-refractivity contribution in [2.24, 2.45) is 10.2 Å². The Morgan fingerprint density at radius 1 is 0.896 bits per heavy atom. The molecule has 48 heavy (non-hydrogen) atoms. The van der Waals surface area contributed by atoms with E-state index in [1.807, 2.05) is 13.0 Å². The predicted octanol–water partition coefficient (Wildman–Crippen LogP) is -0.989. The van der Waals surface area contributed by atoms with Crippen LogP contribution >= 0.6 is 0 Å². The van der Waals surface area contributed by atoms with Gasteiger partial charge in [-0.1, -0.05) is 18.2 Å². The van der Waals surface area contributed by atoms with Crippen LogP contribution in [0.3, 0.4) is 0 Å². The molecule has 0 amide bonds. The Kier molecular flexibility index (Phi) is 13.0. The number of nitrogens with one attached hydrogen (secondary N) is 1. The fraction of sp³-hybridized carbons (Fsp3) is 0.107. The van der Waals surface area contributed by atoms with Gasteiger partial charge in [-0.3, -0.25) is 0 Å². The number of rotatable bonds is 10. The molecule has 5 aromatic rings. The van der Waals surface area contributed by atoms with E-state index in [0.29, 0.717) is 12.2 Å². The third-order valence-corrected chi connectivity index (χ3v) is 8.21. The SMILES string of the molecule is CCN(c1ccccc1)c1nc(F)nc(Nc2ccc3c(O)c(N=Nc4ccc(OC)cc4S(=O)(=O)[O-])c(S(=O)(=O)[O-])cc3c2)n1.[Na+].[Na+]. The number of hydrogen-bond acceptors (Lipinski definition) is 15. The van der Waals surface area contributed by atoms with Crippen molar-refractivity contribution in [3.8, 4) is 11.5 Å². The van der Waals surface area contributed by atoms with Crippen LogP contribution in [-0.4, -0.2) is 59.7 Å². The van der Waals surface area contributed by atoms with Gasteiger partial charge < -0.3 is 29.2 Å². The molecular weight excluding hydrogens is 691 g/mol. The summed E-state index contributed by atoms with van der Waals surface area (Å²) in [4.78, 5) is 11.6. The van der Waals surface area contributed by atoms with E-state index in [4.69, 9.17) is 4.74 Å². The van der Waals surface area contributed by atoms with Crippen molar-refractivity contribution < 1.29 is 99.3 Å². The number of aromatic nitrogens is 3. The molecule has 2 N–H and O–H groups in total. The van der Waals surface area contributed by atoms with Gasteiger partial charge in [-0.2, -0.15) is 19.3 Å². The van der Waals surface area contributed by atoms with E-state index in [-0.39, 0.29) is 93.2 Å². The number of halogens is 1. The molecular formula is C28H22FN7Na2O8S2. The number of para-hydroxylation sites is 1. The number of phenols is 1. The summed E-state index contributed by atoms with van der Waals surface area (Å²) in [5.74, 6) is -0.936. The monoisotopic (exact) mass is 713 g/mol. The molecule has 0 fully saturated rings. The predicted molar refractivity (Wildman–Crippen MR) is 161 cm³/mol. The molecule has 0 aliphatic rings. The number of anilines is 4. The molecule has 0 bridgehead atoms. The van der Waals surface area contributed by atoms with E-state index in [0.717, 1.165) is 18.2 Å². The minimum atomic E-state index is -5.30. The van der Waals surface area contributed by atoms with Gasteiger partial charge in [0.05, 0.1) is 16.9 Å². The summed E-state index contributed by atoms with van der Waals surface area (Å²) < 4.78 is 91.3. The summed E-state index contributed by atoms with van der Waals surface area (Å²) in [5.41, 5.74) is -0.363. The third kappa shape index (κ3) is 8.83. The van der Waals surface area contributed by atoms with Gasteiger partial charge in [0.15, 0.2) is 5.75 Å². The first kappa shape index (κ1) is 39.1. The minimum Gasteiger partial charge on any atom is -0.744 e. The Morgan fingerprint density at radius 2 is 1.58 bits per heavy atom. The van der Waals surface area contributed by atoms with Crippen LogP contribution in [0.2, 0.25) is 0 Å². The van der Waals surface area contributed by atoms with Crippen molar-refractivity contribution in [2.45, 2.75) is 16.7 Å². The standard InChI is InChI=1S/C28H24FN7O8S2.2Na/c1-3-36(18-7-5-4-6-8-18)28-32-26(29)31-27(33-28)30-17-9-11-20-16(13-17)14-23(46(41,42)43)24(25(20)37)35-34-21-12-10-19(44-2)15-22(21)45(38,39)40;;/h4-15,37H,3H2,1-2H3,(H,38,39,40)(H,41,42,43)(H,30,31,32,33);;/q;2*+1/p-2. The van der Waals surface area contributed by atoms with Crippen LogP contribution in [0, 0.1) is 6.08 Å². The first-order chi connectivity index (χ1) is 21.8. The van der Waals surface area contributed by atoms with Crippen molar-refractivity contribution in [2.75, 3.05) is 23.9 Å². The van der Waals surface area contributed by atoms with E-state index in [9.17, 15) is 35.4 Å². The van der Waals surface area contributed by atoms with E-state index < -0.39 is 53.2 Å².